The van der Waals surface area contributed by atoms with Crippen LogP contribution in [0.4, 0.5) is 29.1 Å². The van der Waals surface area contributed by atoms with E-state index in [0.717, 1.165) is 22.7 Å². The molecule has 11 heteroatoms. The zero-order valence-electron chi connectivity index (χ0n) is 16.8. The summed E-state index contributed by atoms with van der Waals surface area (Å²) in [5.41, 5.74) is 2.15. The van der Waals surface area contributed by atoms with E-state index in [2.05, 4.69) is 20.4 Å². The van der Waals surface area contributed by atoms with Crippen molar-refractivity contribution in [3.8, 4) is 11.3 Å². The minimum atomic E-state index is -2.95. The molecule has 0 amide bonds. The first kappa shape index (κ1) is 21.5. The van der Waals surface area contributed by atoms with E-state index in [1.54, 1.807) is 12.1 Å². The zero-order valence-corrected chi connectivity index (χ0v) is 16.8. The summed E-state index contributed by atoms with van der Waals surface area (Å²) in [5.74, 6) is 0.359. The molecule has 0 saturated carbocycles. The lowest BCUT2D eigenvalue weighted by atomic mass is 10.1. The molecule has 32 heavy (non-hydrogen) atoms. The molecule has 4 rings (SSSR count). The molecule has 0 aliphatic rings. The van der Waals surface area contributed by atoms with Crippen molar-refractivity contribution in [2.75, 3.05) is 5.32 Å². The molecule has 0 fully saturated rings. The highest BCUT2D eigenvalue weighted by atomic mass is 19.3. The number of anilines is 2. The summed E-state index contributed by atoms with van der Waals surface area (Å²) in [4.78, 5) is 19.7. The minimum Gasteiger partial charge on any atom is -0.337 e. The molecular formula is C21H18F4N6O. The van der Waals surface area contributed by atoms with E-state index in [1.807, 2.05) is 13.0 Å². The molecule has 3 heterocycles. The molecule has 1 aromatic carbocycles. The lowest BCUT2D eigenvalue weighted by molar-refractivity contribution is 0.112. The van der Waals surface area contributed by atoms with Crippen LogP contribution in [0.25, 0.3) is 16.9 Å². The molecule has 0 radical (unpaired) electrons. The van der Waals surface area contributed by atoms with Crippen molar-refractivity contribution in [2.45, 2.75) is 32.7 Å². The van der Waals surface area contributed by atoms with Gasteiger partial charge in [0, 0.05) is 35.4 Å². The average Bonchev–Trinajstić information content (AvgIpc) is 3.37. The number of halogens is 4. The highest BCUT2D eigenvalue weighted by Crippen LogP contribution is 2.32. The van der Waals surface area contributed by atoms with Crippen LogP contribution in [0.15, 0.2) is 43.0 Å². The summed E-state index contributed by atoms with van der Waals surface area (Å²) in [6, 6.07) is 5.24. The van der Waals surface area contributed by atoms with E-state index in [1.165, 1.54) is 23.0 Å². The molecule has 4 aromatic rings. The van der Waals surface area contributed by atoms with Gasteiger partial charge in [0.15, 0.2) is 11.5 Å². The van der Waals surface area contributed by atoms with Gasteiger partial charge in [0.05, 0.1) is 11.9 Å². The Morgan fingerprint density at radius 2 is 2.00 bits per heavy atom. The third kappa shape index (κ3) is 4.05. The molecule has 0 spiro atoms. The number of nitrogens with zero attached hydrogens (tertiary/aromatic N) is 5. The fourth-order valence-corrected chi connectivity index (χ4v) is 3.48. The molecule has 0 bridgehead atoms. The van der Waals surface area contributed by atoms with Gasteiger partial charge in [-0.3, -0.25) is 13.9 Å². The zero-order chi connectivity index (χ0) is 22.8. The number of rotatable bonds is 8. The van der Waals surface area contributed by atoms with Crippen molar-refractivity contribution in [3.63, 3.8) is 0 Å². The average molecular weight is 446 g/mol. The van der Waals surface area contributed by atoms with Crippen molar-refractivity contribution >= 4 is 23.4 Å². The third-order valence-electron chi connectivity index (χ3n) is 4.94. The number of benzene rings is 1. The van der Waals surface area contributed by atoms with Crippen molar-refractivity contribution in [3.05, 3.63) is 59.8 Å². The number of aromatic nitrogens is 5. The molecule has 166 valence electrons. The standard InChI is InChI=1S/C21H18F4N6O/c1-2-12-7-14(4-3-13(12)11-32)28-20-21-27-8-16(31(21)6-5-26-20)15-9-30(10-17(22)23)29-18(15)19(24)25/h3-9,11,17,19H,2,10H2,1H3,(H,26,28). The van der Waals surface area contributed by atoms with Crippen LogP contribution < -0.4 is 5.32 Å². The van der Waals surface area contributed by atoms with E-state index in [9.17, 15) is 22.4 Å². The van der Waals surface area contributed by atoms with Crippen molar-refractivity contribution in [2.24, 2.45) is 0 Å². The van der Waals surface area contributed by atoms with Crippen LogP contribution in [-0.4, -0.2) is 36.9 Å². The van der Waals surface area contributed by atoms with E-state index in [0.29, 0.717) is 29.1 Å². The van der Waals surface area contributed by atoms with E-state index < -0.39 is 25.1 Å². The summed E-state index contributed by atoms with van der Waals surface area (Å²) in [6.07, 6.45) is 1.31. The van der Waals surface area contributed by atoms with Gasteiger partial charge in [-0.25, -0.2) is 27.5 Å². The number of imidazole rings is 1. The summed E-state index contributed by atoms with van der Waals surface area (Å²) in [7, 11) is 0. The predicted molar refractivity (Wildman–Crippen MR) is 110 cm³/mol. The smallest absolute Gasteiger partial charge is 0.282 e. The lowest BCUT2D eigenvalue weighted by Gasteiger charge is -2.10. The summed E-state index contributed by atoms with van der Waals surface area (Å²) >= 11 is 0. The van der Waals surface area contributed by atoms with E-state index in [4.69, 9.17) is 0 Å². The summed E-state index contributed by atoms with van der Waals surface area (Å²) < 4.78 is 54.8. The fraction of sp³-hybridized carbons (Fsp3) is 0.238. The number of hydrogen-bond acceptors (Lipinski definition) is 5. The van der Waals surface area contributed by atoms with Crippen molar-refractivity contribution in [1.29, 1.82) is 0 Å². The highest BCUT2D eigenvalue weighted by Gasteiger charge is 2.23. The number of nitrogens with one attached hydrogen (secondary N) is 1. The summed E-state index contributed by atoms with van der Waals surface area (Å²) in [6.45, 7) is 1.14. The molecule has 0 aliphatic heterocycles. The predicted octanol–water partition coefficient (Wildman–Crippen LogP) is 4.91. The Bertz CT molecular complexity index is 1270. The second kappa shape index (κ2) is 8.77. The van der Waals surface area contributed by atoms with Gasteiger partial charge in [-0.15, -0.1) is 0 Å². The highest BCUT2D eigenvalue weighted by molar-refractivity contribution is 5.80. The first-order valence-electron chi connectivity index (χ1n) is 9.72. The monoisotopic (exact) mass is 446 g/mol. The number of carbonyl (C=O) groups is 1. The quantitative estimate of drug-likeness (QED) is 0.307. The van der Waals surface area contributed by atoms with E-state index in [-0.39, 0.29) is 11.3 Å². The van der Waals surface area contributed by atoms with Crippen LogP contribution in [-0.2, 0) is 13.0 Å². The second-order valence-corrected chi connectivity index (χ2v) is 6.96. The van der Waals surface area contributed by atoms with Crippen LogP contribution in [0.5, 0.6) is 0 Å². The summed E-state index contributed by atoms with van der Waals surface area (Å²) in [5, 5.41) is 6.75. The molecule has 0 unspecified atom stereocenters. The van der Waals surface area contributed by atoms with Gasteiger partial charge in [0.25, 0.3) is 12.9 Å². The maximum atomic E-state index is 13.5. The maximum Gasteiger partial charge on any atom is 0.282 e. The van der Waals surface area contributed by atoms with Gasteiger partial charge in [-0.2, -0.15) is 5.10 Å². The Hall–Kier alpha value is -3.76. The number of carbonyl (C=O) groups excluding carboxylic acids is 1. The van der Waals surface area contributed by atoms with Gasteiger partial charge >= 0.3 is 0 Å². The molecule has 0 saturated heterocycles. The van der Waals surface area contributed by atoms with Crippen LogP contribution >= 0.6 is 0 Å². The number of aldehydes is 1. The van der Waals surface area contributed by atoms with Crippen LogP contribution in [0.2, 0.25) is 0 Å². The van der Waals surface area contributed by atoms with Crippen molar-refractivity contribution < 1.29 is 22.4 Å². The van der Waals surface area contributed by atoms with Gasteiger partial charge in [0.1, 0.15) is 18.5 Å². The first-order valence-corrected chi connectivity index (χ1v) is 9.72. The van der Waals surface area contributed by atoms with Crippen LogP contribution in [0, 0.1) is 0 Å². The Kier molecular flexibility index (Phi) is 5.89. The fourth-order valence-electron chi connectivity index (χ4n) is 3.48. The van der Waals surface area contributed by atoms with Gasteiger partial charge in [-0.05, 0) is 30.2 Å². The van der Waals surface area contributed by atoms with Gasteiger partial charge in [-0.1, -0.05) is 6.92 Å². The number of alkyl halides is 4. The number of hydrogen-bond donors (Lipinski definition) is 1. The molecule has 0 atom stereocenters. The number of fused-ring (bicyclic) bond motifs is 1. The third-order valence-corrected chi connectivity index (χ3v) is 4.94. The minimum absolute atomic E-state index is 0.00825. The molecule has 1 N–H and O–H groups in total. The SMILES string of the molecule is CCc1cc(Nc2nccn3c(-c4cn(CC(F)F)nc4C(F)F)cnc23)ccc1C=O. The number of aryl methyl sites for hydroxylation is 1. The Labute approximate surface area is 179 Å². The molecular weight excluding hydrogens is 428 g/mol. The van der Waals surface area contributed by atoms with E-state index >= 15 is 0 Å². The topological polar surface area (TPSA) is 77.1 Å². The maximum absolute atomic E-state index is 13.5. The molecule has 0 aliphatic carbocycles. The van der Waals surface area contributed by atoms with Crippen LogP contribution in [0.3, 0.4) is 0 Å². The molecule has 7 nitrogen and oxygen atoms in total. The van der Waals surface area contributed by atoms with Gasteiger partial charge in [0.2, 0.25) is 0 Å². The lowest BCUT2D eigenvalue weighted by Crippen LogP contribution is -2.07. The largest absolute Gasteiger partial charge is 0.337 e. The Morgan fingerprint density at radius 3 is 2.69 bits per heavy atom. The Balaban J connectivity index is 1.75. The van der Waals surface area contributed by atoms with Crippen LogP contribution in [0.1, 0.15) is 35.0 Å². The normalized spacial score (nSPS) is 11.6. The Morgan fingerprint density at radius 1 is 1.19 bits per heavy atom. The second-order valence-electron chi connectivity index (χ2n) is 6.96. The first-order chi connectivity index (χ1) is 15.4. The van der Waals surface area contributed by atoms with Gasteiger partial charge < -0.3 is 5.32 Å². The molecule has 3 aromatic heterocycles. The van der Waals surface area contributed by atoms with Crippen molar-refractivity contribution in [1.82, 2.24) is 24.1 Å².